The zero-order chi connectivity index (χ0) is 12.5. The van der Waals surface area contributed by atoms with Crippen molar-refractivity contribution in [2.75, 3.05) is 22.6 Å². The molecule has 0 aromatic carbocycles. The number of sulfone groups is 1. The van der Waals surface area contributed by atoms with Crippen LogP contribution in [0.15, 0.2) is 6.33 Å². The lowest BCUT2D eigenvalue weighted by Crippen LogP contribution is -2.35. The predicted molar refractivity (Wildman–Crippen MR) is 66.8 cm³/mol. The minimum absolute atomic E-state index is 0.104. The summed E-state index contributed by atoms with van der Waals surface area (Å²) in [4.78, 5) is 7.69. The molecule has 1 aliphatic rings. The van der Waals surface area contributed by atoms with Crippen molar-refractivity contribution in [3.8, 4) is 0 Å². The SMILES string of the molecule is Nc1ncnc(NC2CCCS(=O)(=O)C2)c1Cl. The van der Waals surface area contributed by atoms with E-state index in [2.05, 4.69) is 15.3 Å². The first-order valence-corrected chi connectivity index (χ1v) is 7.41. The van der Waals surface area contributed by atoms with Crippen molar-refractivity contribution < 1.29 is 8.42 Å². The highest BCUT2D eigenvalue weighted by Crippen LogP contribution is 2.25. The lowest BCUT2D eigenvalue weighted by atomic mass is 10.2. The molecule has 1 fully saturated rings. The number of rotatable bonds is 2. The molecule has 94 valence electrons. The summed E-state index contributed by atoms with van der Waals surface area (Å²) in [5.41, 5.74) is 5.54. The van der Waals surface area contributed by atoms with E-state index < -0.39 is 9.84 Å². The monoisotopic (exact) mass is 276 g/mol. The third-order valence-electron chi connectivity index (χ3n) is 2.62. The molecule has 1 atom stereocenters. The number of nitrogen functional groups attached to an aromatic ring is 1. The quantitative estimate of drug-likeness (QED) is 0.825. The Morgan fingerprint density at radius 3 is 2.94 bits per heavy atom. The van der Waals surface area contributed by atoms with Gasteiger partial charge in [0.2, 0.25) is 0 Å². The Labute approximate surface area is 105 Å². The Morgan fingerprint density at radius 2 is 2.24 bits per heavy atom. The highest BCUT2D eigenvalue weighted by molar-refractivity contribution is 7.91. The first-order valence-electron chi connectivity index (χ1n) is 5.21. The molecular weight excluding hydrogens is 264 g/mol. The van der Waals surface area contributed by atoms with Gasteiger partial charge < -0.3 is 11.1 Å². The van der Waals surface area contributed by atoms with Gasteiger partial charge in [0.1, 0.15) is 17.2 Å². The molecular formula is C9H13ClN4O2S. The van der Waals surface area contributed by atoms with Gasteiger partial charge in [0.15, 0.2) is 15.7 Å². The van der Waals surface area contributed by atoms with Crippen LogP contribution in [0.4, 0.5) is 11.6 Å². The van der Waals surface area contributed by atoms with Gasteiger partial charge in [0, 0.05) is 6.04 Å². The fourth-order valence-electron chi connectivity index (χ4n) is 1.81. The summed E-state index contributed by atoms with van der Waals surface area (Å²) in [6.07, 6.45) is 2.72. The van der Waals surface area contributed by atoms with Gasteiger partial charge in [-0.05, 0) is 12.8 Å². The minimum Gasteiger partial charge on any atom is -0.382 e. The molecule has 2 heterocycles. The summed E-state index contributed by atoms with van der Waals surface area (Å²) in [5, 5.41) is 3.24. The van der Waals surface area contributed by atoms with E-state index in [-0.39, 0.29) is 28.4 Å². The van der Waals surface area contributed by atoms with Crippen LogP contribution in [0.1, 0.15) is 12.8 Å². The Balaban J connectivity index is 2.13. The molecule has 6 nitrogen and oxygen atoms in total. The Hall–Kier alpha value is -1.08. The summed E-state index contributed by atoms with van der Waals surface area (Å²) in [6, 6.07) is -0.166. The fourth-order valence-corrected chi connectivity index (χ4v) is 3.60. The van der Waals surface area contributed by atoms with Gasteiger partial charge in [0.25, 0.3) is 0 Å². The standard InChI is InChI=1S/C9H13ClN4O2S/c10-7-8(11)12-5-13-9(7)14-6-2-1-3-17(15,16)4-6/h5-6H,1-4H2,(H3,11,12,13,14). The Bertz CT molecular complexity index is 520. The van der Waals surface area contributed by atoms with Gasteiger partial charge >= 0.3 is 0 Å². The van der Waals surface area contributed by atoms with Gasteiger partial charge in [0.05, 0.1) is 11.5 Å². The third-order valence-corrected chi connectivity index (χ3v) is 4.81. The van der Waals surface area contributed by atoms with Gasteiger partial charge in [-0.2, -0.15) is 0 Å². The van der Waals surface area contributed by atoms with Crippen LogP contribution in [0.5, 0.6) is 0 Å². The number of hydrogen-bond donors (Lipinski definition) is 2. The van der Waals surface area contributed by atoms with E-state index in [0.29, 0.717) is 12.2 Å². The predicted octanol–water partition coefficient (Wildman–Crippen LogP) is 0.701. The highest BCUT2D eigenvalue weighted by Gasteiger charge is 2.25. The Morgan fingerprint density at radius 1 is 1.47 bits per heavy atom. The molecule has 3 N–H and O–H groups in total. The number of nitrogens with zero attached hydrogens (tertiary/aromatic N) is 2. The summed E-state index contributed by atoms with van der Waals surface area (Å²) in [6.45, 7) is 0. The van der Waals surface area contributed by atoms with E-state index >= 15 is 0 Å². The lowest BCUT2D eigenvalue weighted by molar-refractivity contribution is 0.561. The molecule has 17 heavy (non-hydrogen) atoms. The molecule has 1 aliphatic heterocycles. The molecule has 2 rings (SSSR count). The van der Waals surface area contributed by atoms with Crippen LogP contribution in [0.25, 0.3) is 0 Å². The van der Waals surface area contributed by atoms with E-state index in [9.17, 15) is 8.42 Å². The van der Waals surface area contributed by atoms with Crippen LogP contribution < -0.4 is 11.1 Å². The maximum absolute atomic E-state index is 11.5. The topological polar surface area (TPSA) is 98.0 Å². The third kappa shape index (κ3) is 2.98. The molecule has 0 amide bonds. The van der Waals surface area contributed by atoms with Crippen molar-refractivity contribution in [1.82, 2.24) is 9.97 Å². The summed E-state index contributed by atoms with van der Waals surface area (Å²) in [5.74, 6) is 0.932. The zero-order valence-electron chi connectivity index (χ0n) is 9.06. The molecule has 1 aromatic heterocycles. The van der Waals surface area contributed by atoms with Crippen LogP contribution in [0.3, 0.4) is 0 Å². The largest absolute Gasteiger partial charge is 0.382 e. The zero-order valence-corrected chi connectivity index (χ0v) is 10.6. The van der Waals surface area contributed by atoms with Crippen molar-refractivity contribution in [3.05, 3.63) is 11.3 Å². The molecule has 8 heteroatoms. The number of nitrogens with one attached hydrogen (secondary N) is 1. The number of nitrogens with two attached hydrogens (primary N) is 1. The molecule has 0 aliphatic carbocycles. The second kappa shape index (κ2) is 4.66. The summed E-state index contributed by atoms with van der Waals surface area (Å²) in [7, 11) is -2.96. The highest BCUT2D eigenvalue weighted by atomic mass is 35.5. The molecule has 0 saturated carbocycles. The molecule has 0 spiro atoms. The molecule has 0 bridgehead atoms. The maximum atomic E-state index is 11.5. The second-order valence-electron chi connectivity index (χ2n) is 4.02. The maximum Gasteiger partial charge on any atom is 0.152 e. The summed E-state index contributed by atoms with van der Waals surface area (Å²) >= 11 is 5.92. The molecule has 1 aromatic rings. The number of anilines is 2. The number of hydrogen-bond acceptors (Lipinski definition) is 6. The van der Waals surface area contributed by atoms with Crippen molar-refractivity contribution >= 4 is 33.1 Å². The molecule has 1 saturated heterocycles. The van der Waals surface area contributed by atoms with Crippen molar-refractivity contribution in [2.45, 2.75) is 18.9 Å². The normalized spacial score (nSPS) is 23.2. The van der Waals surface area contributed by atoms with Crippen LogP contribution >= 0.6 is 11.6 Å². The first kappa shape index (κ1) is 12.4. The van der Waals surface area contributed by atoms with Crippen LogP contribution in [-0.4, -0.2) is 35.9 Å². The van der Waals surface area contributed by atoms with E-state index in [0.717, 1.165) is 6.42 Å². The van der Waals surface area contributed by atoms with Crippen LogP contribution in [0, 0.1) is 0 Å². The van der Waals surface area contributed by atoms with E-state index in [1.165, 1.54) is 6.33 Å². The van der Waals surface area contributed by atoms with Crippen molar-refractivity contribution in [2.24, 2.45) is 0 Å². The molecule has 1 unspecified atom stereocenters. The van der Waals surface area contributed by atoms with E-state index in [4.69, 9.17) is 17.3 Å². The summed E-state index contributed by atoms with van der Waals surface area (Å²) < 4.78 is 22.9. The van der Waals surface area contributed by atoms with E-state index in [1.807, 2.05) is 0 Å². The smallest absolute Gasteiger partial charge is 0.152 e. The first-order chi connectivity index (χ1) is 7.98. The van der Waals surface area contributed by atoms with Crippen LogP contribution in [0.2, 0.25) is 5.02 Å². The Kier molecular flexibility index (Phi) is 3.39. The minimum atomic E-state index is -2.96. The average Bonchev–Trinajstić information content (AvgIpc) is 2.23. The van der Waals surface area contributed by atoms with E-state index in [1.54, 1.807) is 0 Å². The van der Waals surface area contributed by atoms with Gasteiger partial charge in [-0.25, -0.2) is 18.4 Å². The average molecular weight is 277 g/mol. The fraction of sp³-hybridized carbons (Fsp3) is 0.556. The second-order valence-corrected chi connectivity index (χ2v) is 6.63. The van der Waals surface area contributed by atoms with Gasteiger partial charge in [-0.15, -0.1) is 0 Å². The van der Waals surface area contributed by atoms with Gasteiger partial charge in [-0.3, -0.25) is 0 Å². The molecule has 0 radical (unpaired) electrons. The van der Waals surface area contributed by atoms with Gasteiger partial charge in [-0.1, -0.05) is 11.6 Å². The van der Waals surface area contributed by atoms with Crippen LogP contribution in [-0.2, 0) is 9.84 Å². The van der Waals surface area contributed by atoms with Crippen molar-refractivity contribution in [1.29, 1.82) is 0 Å². The lowest BCUT2D eigenvalue weighted by Gasteiger charge is -2.23. The van der Waals surface area contributed by atoms with Crippen molar-refractivity contribution in [3.63, 3.8) is 0 Å². The number of halogens is 1. The number of aromatic nitrogens is 2.